The monoisotopic (exact) mass is 530 g/mol. The molecule has 0 radical (unpaired) electrons. The number of hydrogen-bond donors (Lipinski definition) is 0. The molecule has 202 valence electrons. The second kappa shape index (κ2) is 11.0. The molecule has 0 bridgehead atoms. The average molecular weight is 531 g/mol. The van der Waals surface area contributed by atoms with Crippen molar-refractivity contribution in [2.24, 2.45) is 0 Å². The van der Waals surface area contributed by atoms with Crippen LogP contribution in [0.25, 0.3) is 22.4 Å². The SMILES string of the molecule is CN1CCC(n2cc(-c3cnc(N4CCO[C@H](Cn5nc(-c6cccc(F)c6)ccc5=O)C4)nc3)cn2)CC1. The molecule has 0 N–H and O–H groups in total. The summed E-state index contributed by atoms with van der Waals surface area (Å²) < 4.78 is 23.1. The summed E-state index contributed by atoms with van der Waals surface area (Å²) in [5.74, 6) is 0.263. The molecule has 11 heteroatoms. The fourth-order valence-corrected chi connectivity index (χ4v) is 5.17. The van der Waals surface area contributed by atoms with Gasteiger partial charge >= 0.3 is 0 Å². The van der Waals surface area contributed by atoms with Crippen LogP contribution in [-0.4, -0.2) is 80.4 Å². The summed E-state index contributed by atoms with van der Waals surface area (Å²) in [6, 6.07) is 9.64. The molecule has 1 aromatic carbocycles. The lowest BCUT2D eigenvalue weighted by atomic mass is 10.1. The van der Waals surface area contributed by atoms with E-state index in [1.54, 1.807) is 18.2 Å². The van der Waals surface area contributed by atoms with Gasteiger partial charge in [-0.2, -0.15) is 10.2 Å². The maximum atomic E-state index is 13.7. The van der Waals surface area contributed by atoms with E-state index < -0.39 is 0 Å². The number of ether oxygens (including phenoxy) is 1. The summed E-state index contributed by atoms with van der Waals surface area (Å²) in [4.78, 5) is 26.2. The van der Waals surface area contributed by atoms with Gasteiger partial charge in [0, 0.05) is 54.4 Å². The number of halogens is 1. The van der Waals surface area contributed by atoms with E-state index in [2.05, 4.69) is 47.9 Å². The first-order valence-electron chi connectivity index (χ1n) is 13.3. The molecule has 39 heavy (non-hydrogen) atoms. The zero-order chi connectivity index (χ0) is 26.8. The largest absolute Gasteiger partial charge is 0.373 e. The van der Waals surface area contributed by atoms with E-state index in [0.29, 0.717) is 42.9 Å². The first-order valence-corrected chi connectivity index (χ1v) is 13.3. The Bertz CT molecular complexity index is 1480. The van der Waals surface area contributed by atoms with E-state index in [0.717, 1.165) is 37.1 Å². The van der Waals surface area contributed by atoms with Gasteiger partial charge in [0.05, 0.1) is 37.2 Å². The number of benzene rings is 1. The fraction of sp³-hybridized carbons (Fsp3) is 0.393. The van der Waals surface area contributed by atoms with Gasteiger partial charge in [-0.15, -0.1) is 0 Å². The maximum absolute atomic E-state index is 13.7. The van der Waals surface area contributed by atoms with Crippen molar-refractivity contribution in [2.75, 3.05) is 44.7 Å². The van der Waals surface area contributed by atoms with Gasteiger partial charge in [-0.3, -0.25) is 9.48 Å². The highest BCUT2D eigenvalue weighted by Crippen LogP contribution is 2.25. The molecule has 0 aliphatic carbocycles. The van der Waals surface area contributed by atoms with E-state index in [4.69, 9.17) is 4.74 Å². The van der Waals surface area contributed by atoms with Crippen LogP contribution >= 0.6 is 0 Å². The van der Waals surface area contributed by atoms with Gasteiger partial charge in [-0.1, -0.05) is 12.1 Å². The van der Waals surface area contributed by atoms with Crippen LogP contribution in [0.2, 0.25) is 0 Å². The standard InChI is InChI=1S/C28H31FN8O2/c1-34-9-7-24(8-10-34)36-17-22(16-32-36)21-14-30-28(31-15-21)35-11-12-39-25(18-35)19-37-27(38)6-5-26(33-37)20-3-2-4-23(29)13-20/h2-6,13-17,24-25H,7-12,18-19H2,1H3/t25-/m0/s1. The van der Waals surface area contributed by atoms with Crippen molar-refractivity contribution in [3.8, 4) is 22.4 Å². The van der Waals surface area contributed by atoms with E-state index in [9.17, 15) is 9.18 Å². The van der Waals surface area contributed by atoms with E-state index >= 15 is 0 Å². The van der Waals surface area contributed by atoms with Gasteiger partial charge in [0.2, 0.25) is 5.95 Å². The number of anilines is 1. The highest BCUT2D eigenvalue weighted by Gasteiger charge is 2.24. The first kappa shape index (κ1) is 25.3. The number of morpholine rings is 1. The number of hydrogen-bond acceptors (Lipinski definition) is 8. The highest BCUT2D eigenvalue weighted by molar-refractivity contribution is 5.60. The third-order valence-electron chi connectivity index (χ3n) is 7.42. The second-order valence-corrected chi connectivity index (χ2v) is 10.2. The minimum absolute atomic E-state index is 0.239. The zero-order valence-corrected chi connectivity index (χ0v) is 21.9. The van der Waals surface area contributed by atoms with Gasteiger partial charge < -0.3 is 14.5 Å². The Labute approximate surface area is 225 Å². The summed E-state index contributed by atoms with van der Waals surface area (Å²) in [5.41, 5.74) is 2.83. The molecule has 2 saturated heterocycles. The summed E-state index contributed by atoms with van der Waals surface area (Å²) in [7, 11) is 2.16. The number of nitrogens with zero attached hydrogens (tertiary/aromatic N) is 8. The quantitative estimate of drug-likeness (QED) is 0.376. The molecule has 0 unspecified atom stereocenters. The topological polar surface area (TPSA) is 94.2 Å². The molecule has 10 nitrogen and oxygen atoms in total. The molecule has 0 saturated carbocycles. The predicted molar refractivity (Wildman–Crippen MR) is 145 cm³/mol. The molecule has 0 spiro atoms. The molecular weight excluding hydrogens is 499 g/mol. The molecule has 3 aromatic heterocycles. The highest BCUT2D eigenvalue weighted by atomic mass is 19.1. The summed E-state index contributed by atoms with van der Waals surface area (Å²) in [6.45, 7) is 4.09. The second-order valence-electron chi connectivity index (χ2n) is 10.2. The smallest absolute Gasteiger partial charge is 0.266 e. The number of aromatic nitrogens is 6. The Morgan fingerprint density at radius 1 is 1.00 bits per heavy atom. The van der Waals surface area contributed by atoms with Crippen LogP contribution < -0.4 is 10.5 Å². The van der Waals surface area contributed by atoms with Crippen molar-refractivity contribution < 1.29 is 9.13 Å². The van der Waals surface area contributed by atoms with Gasteiger partial charge in [0.25, 0.3) is 5.56 Å². The van der Waals surface area contributed by atoms with Crippen LogP contribution in [-0.2, 0) is 11.3 Å². The van der Waals surface area contributed by atoms with E-state index in [1.165, 1.54) is 22.9 Å². The Kier molecular flexibility index (Phi) is 7.16. The summed E-state index contributed by atoms with van der Waals surface area (Å²) >= 11 is 0. The third-order valence-corrected chi connectivity index (χ3v) is 7.42. The predicted octanol–water partition coefficient (Wildman–Crippen LogP) is 2.88. The number of rotatable bonds is 6. The van der Waals surface area contributed by atoms with Crippen LogP contribution in [0, 0.1) is 5.82 Å². The van der Waals surface area contributed by atoms with Gasteiger partial charge in [0.1, 0.15) is 5.82 Å². The molecule has 2 fully saturated rings. The van der Waals surface area contributed by atoms with Crippen molar-refractivity contribution in [3.05, 3.63) is 77.4 Å². The average Bonchev–Trinajstić information content (AvgIpc) is 3.45. The molecule has 2 aliphatic rings. The van der Waals surface area contributed by atoms with Crippen molar-refractivity contribution in [3.63, 3.8) is 0 Å². The Hall–Kier alpha value is -3.96. The van der Waals surface area contributed by atoms with Gasteiger partial charge in [-0.25, -0.2) is 19.0 Å². The number of likely N-dealkylation sites (tertiary alicyclic amines) is 1. The lowest BCUT2D eigenvalue weighted by Crippen LogP contribution is -2.46. The maximum Gasteiger partial charge on any atom is 0.266 e. The zero-order valence-electron chi connectivity index (χ0n) is 21.9. The minimum Gasteiger partial charge on any atom is -0.373 e. The summed E-state index contributed by atoms with van der Waals surface area (Å²) in [6.07, 6.45) is 9.55. The summed E-state index contributed by atoms with van der Waals surface area (Å²) in [5, 5.41) is 9.06. The molecule has 0 amide bonds. The lowest BCUT2D eigenvalue weighted by molar-refractivity contribution is 0.0260. The van der Waals surface area contributed by atoms with Crippen LogP contribution in [0.3, 0.4) is 0 Å². The van der Waals surface area contributed by atoms with Crippen LogP contribution in [0.5, 0.6) is 0 Å². The number of piperidine rings is 1. The molecule has 6 rings (SSSR count). The van der Waals surface area contributed by atoms with E-state index in [1.807, 2.05) is 18.6 Å². The van der Waals surface area contributed by atoms with Crippen molar-refractivity contribution >= 4 is 5.95 Å². The fourth-order valence-electron chi connectivity index (χ4n) is 5.17. The van der Waals surface area contributed by atoms with Gasteiger partial charge in [0.15, 0.2) is 0 Å². The van der Waals surface area contributed by atoms with Crippen molar-refractivity contribution in [2.45, 2.75) is 31.5 Å². The molecule has 4 aromatic rings. The van der Waals surface area contributed by atoms with Crippen LogP contribution in [0.4, 0.5) is 10.3 Å². The van der Waals surface area contributed by atoms with Crippen molar-refractivity contribution in [1.29, 1.82) is 0 Å². The van der Waals surface area contributed by atoms with Crippen LogP contribution in [0.1, 0.15) is 18.9 Å². The Morgan fingerprint density at radius 3 is 2.62 bits per heavy atom. The molecule has 5 heterocycles. The molecule has 1 atom stereocenters. The Morgan fingerprint density at radius 2 is 1.82 bits per heavy atom. The van der Waals surface area contributed by atoms with Crippen molar-refractivity contribution in [1.82, 2.24) is 34.4 Å². The minimum atomic E-state index is -0.351. The third kappa shape index (κ3) is 5.74. The lowest BCUT2D eigenvalue weighted by Gasteiger charge is -2.33. The Balaban J connectivity index is 1.12. The normalized spacial score (nSPS) is 18.9. The van der Waals surface area contributed by atoms with Gasteiger partial charge in [-0.05, 0) is 51.2 Å². The first-order chi connectivity index (χ1) is 19.0. The molecular formula is C28H31FN8O2. The van der Waals surface area contributed by atoms with E-state index in [-0.39, 0.29) is 24.0 Å². The van der Waals surface area contributed by atoms with Crippen LogP contribution in [0.15, 0.2) is 66.0 Å². The molecule has 2 aliphatic heterocycles.